The Balaban J connectivity index is 2.69. The molecule has 2 rings (SSSR count). The van der Waals surface area contributed by atoms with Crippen LogP contribution in [0.4, 0.5) is 8.78 Å². The maximum absolute atomic E-state index is 12.5. The van der Waals surface area contributed by atoms with Crippen LogP contribution in [-0.4, -0.2) is 20.6 Å². The van der Waals surface area contributed by atoms with Gasteiger partial charge in [0.1, 0.15) is 0 Å². The van der Waals surface area contributed by atoms with Crippen molar-refractivity contribution in [2.45, 2.75) is 6.43 Å². The third kappa shape index (κ3) is 1.52. The number of aryl methyl sites for hydroxylation is 1. The second kappa shape index (κ2) is 3.55. The average Bonchev–Trinajstić information content (AvgIpc) is 2.56. The molecule has 1 N–H and O–H groups in total. The Kier molecular flexibility index (Phi) is 2.34. The molecule has 0 bridgehead atoms. The molecule has 84 valence electrons. The van der Waals surface area contributed by atoms with Gasteiger partial charge in [-0.1, -0.05) is 0 Å². The molecule has 0 aliphatic heterocycles. The number of aromatic nitrogens is 2. The van der Waals surface area contributed by atoms with Crippen molar-refractivity contribution < 1.29 is 18.7 Å². The first-order valence-corrected chi connectivity index (χ1v) is 4.48. The Labute approximate surface area is 89.1 Å². The molecule has 0 aliphatic carbocycles. The summed E-state index contributed by atoms with van der Waals surface area (Å²) in [4.78, 5) is 14.5. The lowest BCUT2D eigenvalue weighted by molar-refractivity contribution is 0.0697. The van der Waals surface area contributed by atoms with E-state index in [1.165, 1.54) is 29.8 Å². The van der Waals surface area contributed by atoms with Gasteiger partial charge in [0.05, 0.1) is 16.6 Å². The summed E-state index contributed by atoms with van der Waals surface area (Å²) in [6.45, 7) is 0. The van der Waals surface area contributed by atoms with Crippen molar-refractivity contribution in [2.24, 2.45) is 7.05 Å². The Morgan fingerprint density at radius 3 is 2.75 bits per heavy atom. The van der Waals surface area contributed by atoms with E-state index in [1.54, 1.807) is 0 Å². The number of benzene rings is 1. The lowest BCUT2D eigenvalue weighted by atomic mass is 10.2. The fourth-order valence-corrected chi connectivity index (χ4v) is 1.54. The van der Waals surface area contributed by atoms with Crippen LogP contribution in [0, 0.1) is 0 Å². The zero-order chi connectivity index (χ0) is 11.9. The molecule has 0 unspecified atom stereocenters. The van der Waals surface area contributed by atoms with Gasteiger partial charge in [0.2, 0.25) is 0 Å². The summed E-state index contributed by atoms with van der Waals surface area (Å²) in [6, 6.07) is 4.09. The summed E-state index contributed by atoms with van der Waals surface area (Å²) in [5, 5.41) is 8.77. The summed E-state index contributed by atoms with van der Waals surface area (Å²) in [5.74, 6) is -1.46. The number of rotatable bonds is 2. The molecule has 0 saturated heterocycles. The monoisotopic (exact) mass is 226 g/mol. The van der Waals surface area contributed by atoms with Crippen molar-refractivity contribution in [3.05, 3.63) is 29.6 Å². The number of halogens is 2. The van der Waals surface area contributed by atoms with Crippen LogP contribution in [0.1, 0.15) is 22.6 Å². The fraction of sp³-hybridized carbons (Fsp3) is 0.200. The van der Waals surface area contributed by atoms with Crippen molar-refractivity contribution in [3.63, 3.8) is 0 Å². The highest BCUT2D eigenvalue weighted by Gasteiger charge is 2.17. The lowest BCUT2D eigenvalue weighted by Gasteiger charge is -2.00. The fourth-order valence-electron chi connectivity index (χ4n) is 1.54. The number of nitrogens with zero attached hydrogens (tertiary/aromatic N) is 2. The van der Waals surface area contributed by atoms with Crippen LogP contribution in [0.25, 0.3) is 11.0 Å². The number of imidazole rings is 1. The maximum Gasteiger partial charge on any atom is 0.335 e. The van der Waals surface area contributed by atoms with Gasteiger partial charge in [-0.3, -0.25) is 0 Å². The van der Waals surface area contributed by atoms with Gasteiger partial charge in [0.25, 0.3) is 6.43 Å². The third-order valence-corrected chi connectivity index (χ3v) is 2.36. The van der Waals surface area contributed by atoms with E-state index >= 15 is 0 Å². The van der Waals surface area contributed by atoms with E-state index in [1.807, 2.05) is 0 Å². The standard InChI is InChI=1S/C10H8F2N2O2/c1-14-7-4-5(10(15)16)2-3-6(7)13-9(14)8(11)12/h2-4,8H,1H3,(H,15,16). The average molecular weight is 226 g/mol. The first kappa shape index (κ1) is 10.5. The van der Waals surface area contributed by atoms with Crippen molar-refractivity contribution in [2.75, 3.05) is 0 Å². The van der Waals surface area contributed by atoms with Crippen molar-refractivity contribution in [3.8, 4) is 0 Å². The van der Waals surface area contributed by atoms with E-state index < -0.39 is 12.4 Å². The number of fused-ring (bicyclic) bond motifs is 1. The number of hydrogen-bond acceptors (Lipinski definition) is 2. The van der Waals surface area contributed by atoms with Crippen LogP contribution in [0.2, 0.25) is 0 Å². The number of alkyl halides is 2. The predicted octanol–water partition coefficient (Wildman–Crippen LogP) is 2.21. The molecule has 0 fully saturated rings. The van der Waals surface area contributed by atoms with E-state index in [9.17, 15) is 13.6 Å². The highest BCUT2D eigenvalue weighted by molar-refractivity contribution is 5.92. The van der Waals surface area contributed by atoms with Crippen molar-refractivity contribution >= 4 is 17.0 Å². The van der Waals surface area contributed by atoms with Gasteiger partial charge in [-0.25, -0.2) is 18.6 Å². The maximum atomic E-state index is 12.5. The minimum Gasteiger partial charge on any atom is -0.478 e. The summed E-state index contributed by atoms with van der Waals surface area (Å²) in [5.41, 5.74) is 0.800. The Bertz CT molecular complexity index is 563. The molecule has 6 heteroatoms. The van der Waals surface area contributed by atoms with Crippen LogP contribution >= 0.6 is 0 Å². The summed E-state index contributed by atoms with van der Waals surface area (Å²) >= 11 is 0. The second-order valence-corrected chi connectivity index (χ2v) is 3.34. The molecule has 0 saturated carbocycles. The molecular weight excluding hydrogens is 218 g/mol. The quantitative estimate of drug-likeness (QED) is 0.854. The molecule has 0 amide bonds. The molecular formula is C10H8F2N2O2. The summed E-state index contributed by atoms with van der Waals surface area (Å²) in [7, 11) is 1.43. The topological polar surface area (TPSA) is 55.1 Å². The Hall–Kier alpha value is -1.98. The van der Waals surface area contributed by atoms with E-state index in [4.69, 9.17) is 5.11 Å². The van der Waals surface area contributed by atoms with E-state index in [-0.39, 0.29) is 11.4 Å². The van der Waals surface area contributed by atoms with Crippen LogP contribution in [0.15, 0.2) is 18.2 Å². The molecule has 0 atom stereocenters. The number of carboxylic acid groups (broad SMARTS) is 1. The highest BCUT2D eigenvalue weighted by Crippen LogP contribution is 2.23. The predicted molar refractivity (Wildman–Crippen MR) is 52.6 cm³/mol. The Morgan fingerprint density at radius 2 is 2.19 bits per heavy atom. The molecule has 0 aliphatic rings. The van der Waals surface area contributed by atoms with Crippen LogP contribution < -0.4 is 0 Å². The second-order valence-electron chi connectivity index (χ2n) is 3.34. The van der Waals surface area contributed by atoms with E-state index in [2.05, 4.69) is 4.98 Å². The first-order valence-electron chi connectivity index (χ1n) is 4.48. The zero-order valence-electron chi connectivity index (χ0n) is 8.32. The number of hydrogen-bond donors (Lipinski definition) is 1. The van der Waals surface area contributed by atoms with Crippen molar-refractivity contribution in [1.82, 2.24) is 9.55 Å². The van der Waals surface area contributed by atoms with E-state index in [0.717, 1.165) is 0 Å². The largest absolute Gasteiger partial charge is 0.478 e. The molecule has 0 radical (unpaired) electrons. The van der Waals surface area contributed by atoms with Gasteiger partial charge in [0.15, 0.2) is 5.82 Å². The van der Waals surface area contributed by atoms with Crippen LogP contribution in [0.5, 0.6) is 0 Å². The number of aromatic carboxylic acids is 1. The summed E-state index contributed by atoms with van der Waals surface area (Å²) < 4.78 is 26.3. The highest BCUT2D eigenvalue weighted by atomic mass is 19.3. The zero-order valence-corrected chi connectivity index (χ0v) is 8.32. The molecule has 0 spiro atoms. The normalized spacial score (nSPS) is 11.2. The minimum absolute atomic E-state index is 0.0521. The van der Waals surface area contributed by atoms with Crippen LogP contribution in [0.3, 0.4) is 0 Å². The van der Waals surface area contributed by atoms with E-state index in [0.29, 0.717) is 11.0 Å². The van der Waals surface area contributed by atoms with Gasteiger partial charge in [-0.05, 0) is 18.2 Å². The molecule has 4 nitrogen and oxygen atoms in total. The van der Waals surface area contributed by atoms with Crippen LogP contribution in [-0.2, 0) is 7.05 Å². The SMILES string of the molecule is Cn1c(C(F)F)nc2ccc(C(=O)O)cc21. The first-order chi connectivity index (χ1) is 7.50. The molecule has 2 aromatic rings. The molecule has 16 heavy (non-hydrogen) atoms. The van der Waals surface area contributed by atoms with Gasteiger partial charge >= 0.3 is 5.97 Å². The van der Waals surface area contributed by atoms with Crippen molar-refractivity contribution in [1.29, 1.82) is 0 Å². The third-order valence-electron chi connectivity index (χ3n) is 2.36. The molecule has 1 aromatic heterocycles. The molecule has 1 heterocycles. The smallest absolute Gasteiger partial charge is 0.335 e. The Morgan fingerprint density at radius 1 is 1.50 bits per heavy atom. The molecule has 1 aromatic carbocycles. The number of carbonyl (C=O) groups is 1. The summed E-state index contributed by atoms with van der Waals surface area (Å²) in [6.07, 6.45) is -2.68. The van der Waals surface area contributed by atoms with Gasteiger partial charge < -0.3 is 9.67 Å². The van der Waals surface area contributed by atoms with Gasteiger partial charge in [0, 0.05) is 7.05 Å². The minimum atomic E-state index is -2.68. The number of carboxylic acids is 1. The van der Waals surface area contributed by atoms with Gasteiger partial charge in [-0.15, -0.1) is 0 Å². The van der Waals surface area contributed by atoms with Gasteiger partial charge in [-0.2, -0.15) is 0 Å². The lowest BCUT2D eigenvalue weighted by Crippen LogP contribution is -1.99.